The number of halogens is 3. The first kappa shape index (κ1) is 25.4. The Morgan fingerprint density at radius 1 is 0.800 bits per heavy atom. The quantitative estimate of drug-likeness (QED) is 0.156. The molecule has 4 rings (SSSR count). The predicted octanol–water partition coefficient (Wildman–Crippen LogP) is 9.38. The lowest BCUT2D eigenvalue weighted by Gasteiger charge is -2.10. The molecule has 0 saturated heterocycles. The van der Waals surface area contributed by atoms with Gasteiger partial charge in [-0.05, 0) is 71.3 Å². The minimum absolute atomic E-state index is 0.0823. The summed E-state index contributed by atoms with van der Waals surface area (Å²) in [6.45, 7) is 0.494. The number of carbonyl (C=O) groups excluding carboxylic acids is 1. The van der Waals surface area contributed by atoms with E-state index in [2.05, 4.69) is 0 Å². The lowest BCUT2D eigenvalue weighted by atomic mass is 10.1. The number of thioether (sulfide) groups is 1. The number of hydrogen-bond acceptors (Lipinski definition) is 3. The topological polar surface area (TPSA) is 26.3 Å². The van der Waals surface area contributed by atoms with Gasteiger partial charge in [0.25, 0.3) is 0 Å². The van der Waals surface area contributed by atoms with Gasteiger partial charge in [0.15, 0.2) is 5.78 Å². The fourth-order valence-corrected chi connectivity index (χ4v) is 4.97. The van der Waals surface area contributed by atoms with Gasteiger partial charge in [-0.3, -0.25) is 4.79 Å². The Hall–Kier alpha value is -2.69. The largest absolute Gasteiger partial charge is 0.489 e. The number of benzene rings is 4. The maximum atomic E-state index is 13.3. The van der Waals surface area contributed by atoms with Gasteiger partial charge in [-0.2, -0.15) is 0 Å². The molecule has 0 N–H and O–H groups in total. The number of rotatable bonds is 9. The molecule has 2 nitrogen and oxygen atoms in total. The Labute approximate surface area is 224 Å². The summed E-state index contributed by atoms with van der Waals surface area (Å²) in [6, 6.07) is 29.9. The van der Waals surface area contributed by atoms with Crippen LogP contribution in [0.25, 0.3) is 6.08 Å². The van der Waals surface area contributed by atoms with Crippen molar-refractivity contribution >= 4 is 58.4 Å². The van der Waals surface area contributed by atoms with Crippen molar-refractivity contribution in [1.29, 1.82) is 0 Å². The van der Waals surface area contributed by atoms with Gasteiger partial charge in [-0.25, -0.2) is 0 Å². The molecule has 4 aromatic carbocycles. The van der Waals surface area contributed by atoms with E-state index in [-0.39, 0.29) is 5.78 Å². The van der Waals surface area contributed by atoms with E-state index in [1.807, 2.05) is 66.7 Å². The third kappa shape index (κ3) is 7.39. The molecule has 176 valence electrons. The normalized spacial score (nSPS) is 11.3. The SMILES string of the molecule is O=C(C(=Cc1ccc(OCc2ccccc2)cc1)SCc1ccc(Cl)cc1Cl)c1ccc(Cl)cc1. The van der Waals surface area contributed by atoms with Gasteiger partial charge in [0, 0.05) is 26.4 Å². The van der Waals surface area contributed by atoms with Crippen LogP contribution in [0.3, 0.4) is 0 Å². The Morgan fingerprint density at radius 3 is 2.17 bits per heavy atom. The summed E-state index contributed by atoms with van der Waals surface area (Å²) < 4.78 is 5.88. The van der Waals surface area contributed by atoms with Crippen molar-refractivity contribution in [3.63, 3.8) is 0 Å². The Balaban J connectivity index is 1.53. The standard InChI is InChI=1S/C29H21Cl3O2S/c30-24-11-8-22(9-12-24)29(33)28(35-19-23-10-13-25(31)17-27(23)32)16-20-6-14-26(15-7-20)34-18-21-4-2-1-3-5-21/h1-17H,18-19H2. The highest BCUT2D eigenvalue weighted by Crippen LogP contribution is 2.31. The molecule has 0 aromatic heterocycles. The molecule has 0 aliphatic heterocycles. The predicted molar refractivity (Wildman–Crippen MR) is 149 cm³/mol. The Morgan fingerprint density at radius 2 is 1.49 bits per heavy atom. The second-order valence-corrected chi connectivity index (χ2v) is 10.0. The van der Waals surface area contributed by atoms with E-state index in [4.69, 9.17) is 39.5 Å². The second-order valence-electron chi connectivity index (χ2n) is 7.71. The van der Waals surface area contributed by atoms with E-state index in [0.717, 1.165) is 22.4 Å². The number of carbonyl (C=O) groups is 1. The highest BCUT2D eigenvalue weighted by Gasteiger charge is 2.15. The monoisotopic (exact) mass is 538 g/mol. The van der Waals surface area contributed by atoms with Crippen LogP contribution in [0.2, 0.25) is 15.1 Å². The van der Waals surface area contributed by atoms with Gasteiger partial charge >= 0.3 is 0 Å². The molecular weight excluding hydrogens is 519 g/mol. The summed E-state index contributed by atoms with van der Waals surface area (Å²) in [7, 11) is 0. The third-order valence-electron chi connectivity index (χ3n) is 5.15. The molecule has 6 heteroatoms. The molecule has 4 aromatic rings. The molecule has 0 heterocycles. The third-order valence-corrected chi connectivity index (χ3v) is 7.06. The first-order valence-corrected chi connectivity index (χ1v) is 13.0. The van der Waals surface area contributed by atoms with E-state index in [1.165, 1.54) is 11.8 Å². The van der Waals surface area contributed by atoms with Crippen molar-refractivity contribution in [3.05, 3.63) is 139 Å². The van der Waals surface area contributed by atoms with E-state index in [1.54, 1.807) is 36.4 Å². The first-order chi connectivity index (χ1) is 17.0. The minimum atomic E-state index is -0.0823. The summed E-state index contributed by atoms with van der Waals surface area (Å²) in [5, 5.41) is 1.73. The van der Waals surface area contributed by atoms with E-state index in [0.29, 0.717) is 37.9 Å². The number of allylic oxidation sites excluding steroid dienone is 1. The number of Topliss-reactive ketones (excluding diaryl/α,β-unsaturated/α-hetero) is 1. The number of ketones is 1. The van der Waals surface area contributed by atoms with Crippen LogP contribution in [-0.4, -0.2) is 5.78 Å². The zero-order chi connectivity index (χ0) is 24.6. The van der Waals surface area contributed by atoms with Gasteiger partial charge in [-0.1, -0.05) is 83.3 Å². The molecule has 0 radical (unpaired) electrons. The maximum absolute atomic E-state index is 13.3. The van der Waals surface area contributed by atoms with Crippen LogP contribution < -0.4 is 4.74 Å². The van der Waals surface area contributed by atoms with E-state index in [9.17, 15) is 4.79 Å². The van der Waals surface area contributed by atoms with Gasteiger partial charge < -0.3 is 4.74 Å². The molecule has 0 unspecified atom stereocenters. The van der Waals surface area contributed by atoms with E-state index >= 15 is 0 Å². The Kier molecular flexibility index (Phi) is 8.95. The molecule has 0 amide bonds. The average molecular weight is 540 g/mol. The van der Waals surface area contributed by atoms with Crippen molar-refractivity contribution in [3.8, 4) is 5.75 Å². The summed E-state index contributed by atoms with van der Waals surface area (Å²) in [5.41, 5.74) is 3.47. The molecule has 0 fully saturated rings. The average Bonchev–Trinajstić information content (AvgIpc) is 2.87. The summed E-state index contributed by atoms with van der Waals surface area (Å²) in [5.74, 6) is 1.21. The maximum Gasteiger partial charge on any atom is 0.199 e. The van der Waals surface area contributed by atoms with Crippen LogP contribution in [0.15, 0.2) is 102 Å². The molecule has 0 bridgehead atoms. The fourth-order valence-electron chi connectivity index (χ4n) is 3.26. The van der Waals surface area contributed by atoms with Gasteiger partial charge in [0.2, 0.25) is 0 Å². The van der Waals surface area contributed by atoms with Crippen LogP contribution in [0.1, 0.15) is 27.0 Å². The highest BCUT2D eigenvalue weighted by molar-refractivity contribution is 8.03. The second kappa shape index (κ2) is 12.3. The van der Waals surface area contributed by atoms with Gasteiger partial charge in [-0.15, -0.1) is 11.8 Å². The van der Waals surface area contributed by atoms with Crippen LogP contribution in [-0.2, 0) is 12.4 Å². The highest BCUT2D eigenvalue weighted by atomic mass is 35.5. The molecule has 0 aliphatic rings. The van der Waals surface area contributed by atoms with Crippen LogP contribution >= 0.6 is 46.6 Å². The summed E-state index contributed by atoms with van der Waals surface area (Å²) >= 11 is 19.8. The van der Waals surface area contributed by atoms with Crippen LogP contribution in [0.4, 0.5) is 0 Å². The van der Waals surface area contributed by atoms with Crippen molar-refractivity contribution in [2.75, 3.05) is 0 Å². The summed E-state index contributed by atoms with van der Waals surface area (Å²) in [4.78, 5) is 13.9. The molecule has 0 atom stereocenters. The zero-order valence-corrected chi connectivity index (χ0v) is 21.7. The molecule has 0 aliphatic carbocycles. The lowest BCUT2D eigenvalue weighted by Crippen LogP contribution is -2.01. The van der Waals surface area contributed by atoms with Gasteiger partial charge in [0.1, 0.15) is 12.4 Å². The van der Waals surface area contributed by atoms with E-state index < -0.39 is 0 Å². The fraction of sp³-hybridized carbons (Fsp3) is 0.0690. The van der Waals surface area contributed by atoms with Crippen molar-refractivity contribution in [2.24, 2.45) is 0 Å². The van der Waals surface area contributed by atoms with Crippen molar-refractivity contribution < 1.29 is 9.53 Å². The van der Waals surface area contributed by atoms with Crippen LogP contribution in [0.5, 0.6) is 5.75 Å². The smallest absolute Gasteiger partial charge is 0.199 e. The first-order valence-electron chi connectivity index (χ1n) is 10.8. The van der Waals surface area contributed by atoms with Crippen molar-refractivity contribution in [1.82, 2.24) is 0 Å². The summed E-state index contributed by atoms with van der Waals surface area (Å²) in [6.07, 6.45) is 1.88. The number of hydrogen-bond donors (Lipinski definition) is 0. The van der Waals surface area contributed by atoms with Crippen molar-refractivity contribution in [2.45, 2.75) is 12.4 Å². The molecular formula is C29H21Cl3O2S. The molecule has 35 heavy (non-hydrogen) atoms. The number of ether oxygens (including phenoxy) is 1. The lowest BCUT2D eigenvalue weighted by molar-refractivity contribution is 0.104. The molecule has 0 saturated carbocycles. The minimum Gasteiger partial charge on any atom is -0.489 e. The molecule has 0 spiro atoms. The van der Waals surface area contributed by atoms with Crippen LogP contribution in [0, 0.1) is 0 Å². The zero-order valence-electron chi connectivity index (χ0n) is 18.6. The Bertz CT molecular complexity index is 1320. The van der Waals surface area contributed by atoms with Gasteiger partial charge in [0.05, 0.1) is 4.91 Å².